The number of hydrogen-bond acceptors (Lipinski definition) is 0. The molecule has 0 aromatic rings. The van der Waals surface area contributed by atoms with Gasteiger partial charge in [-0.3, -0.25) is 0 Å². The first kappa shape index (κ1) is 407. The van der Waals surface area contributed by atoms with Gasteiger partial charge < -0.3 is 59.1 Å². The zero-order valence-corrected chi connectivity index (χ0v) is 7.08. The van der Waals surface area contributed by atoms with E-state index in [1.54, 1.807) is 0 Å². The van der Waals surface area contributed by atoms with E-state index in [-0.39, 0.29) is 76.5 Å². The first-order valence-electron chi connectivity index (χ1n) is 0. The molecule has 0 aromatic heterocycles. The van der Waals surface area contributed by atoms with Crippen molar-refractivity contribution in [1.82, 2.24) is 0 Å². The molecule has 0 saturated heterocycles. The van der Waals surface area contributed by atoms with E-state index in [1.807, 2.05) is 0 Å². The summed E-state index contributed by atoms with van der Waals surface area (Å²) in [5.74, 6) is 0. The van der Waals surface area contributed by atoms with E-state index in [4.69, 9.17) is 0 Å². The van der Waals surface area contributed by atoms with Gasteiger partial charge in [0.25, 0.3) is 0 Å². The van der Waals surface area contributed by atoms with Gasteiger partial charge in [0.15, 0.2) is 0 Å². The maximum absolute atomic E-state index is 0. The second-order valence-corrected chi connectivity index (χ2v) is 0. The SMILES string of the molecule is O.O.O.O.[Cl-].[Cl-].[Cl-].[Cr+3]. The quantitative estimate of drug-likeness (QED) is 0.392. The first-order valence-corrected chi connectivity index (χ1v) is 0. The normalized spacial score (nSPS) is 0. The Morgan fingerprint density at radius 3 is 0.375 bits per heavy atom. The Labute approximate surface area is 76.6 Å². The Morgan fingerprint density at radius 1 is 0.375 bits per heavy atom. The summed E-state index contributed by atoms with van der Waals surface area (Å²) in [6.07, 6.45) is 0. The van der Waals surface area contributed by atoms with Gasteiger partial charge in [-0.15, -0.1) is 0 Å². The average Bonchev–Trinajstić information content (AvgIpc) is 0. The van der Waals surface area contributed by atoms with Crippen molar-refractivity contribution in [2.75, 3.05) is 0 Å². The third-order valence-electron chi connectivity index (χ3n) is 0. The Hall–Kier alpha value is 1.24. The summed E-state index contributed by atoms with van der Waals surface area (Å²) in [6.45, 7) is 0. The zero-order valence-electron chi connectivity index (χ0n) is 3.54. The Kier molecular flexibility index (Phi) is 14200. The minimum absolute atomic E-state index is 0. The van der Waals surface area contributed by atoms with E-state index in [2.05, 4.69) is 0 Å². The van der Waals surface area contributed by atoms with Crippen molar-refractivity contribution in [1.29, 1.82) is 0 Å². The van der Waals surface area contributed by atoms with Crippen LogP contribution in [-0.4, -0.2) is 21.9 Å². The van der Waals surface area contributed by atoms with Crippen LogP contribution in [0.2, 0.25) is 0 Å². The molecule has 0 aromatic carbocycles. The van der Waals surface area contributed by atoms with E-state index in [0.717, 1.165) is 0 Å². The van der Waals surface area contributed by atoms with Gasteiger partial charge in [0.2, 0.25) is 0 Å². The maximum atomic E-state index is 0. The fourth-order valence-corrected chi connectivity index (χ4v) is 0. The van der Waals surface area contributed by atoms with Gasteiger partial charge in [0, 0.05) is 0 Å². The molecule has 8 heteroatoms. The molecule has 0 aliphatic rings. The molecule has 8 N–H and O–H groups in total. The van der Waals surface area contributed by atoms with Crippen molar-refractivity contribution in [2.45, 2.75) is 0 Å². The van der Waals surface area contributed by atoms with Crippen molar-refractivity contribution in [3.05, 3.63) is 0 Å². The Balaban J connectivity index is 0. The predicted molar refractivity (Wildman–Crippen MR) is 14.5 cm³/mol. The van der Waals surface area contributed by atoms with E-state index in [0.29, 0.717) is 0 Å². The summed E-state index contributed by atoms with van der Waals surface area (Å²) in [6, 6.07) is 0. The molecule has 0 aliphatic heterocycles. The molecule has 0 aliphatic carbocycles. The topological polar surface area (TPSA) is 126 Å². The van der Waals surface area contributed by atoms with Crippen molar-refractivity contribution >= 4 is 0 Å². The predicted octanol–water partition coefficient (Wildman–Crippen LogP) is -12.3. The average molecular weight is 230 g/mol. The first-order chi connectivity index (χ1) is 0. The number of halogens is 3. The zero-order chi connectivity index (χ0) is 0. The van der Waals surface area contributed by atoms with E-state index < -0.39 is 0 Å². The van der Waals surface area contributed by atoms with Gasteiger partial charge >= 0.3 is 17.4 Å². The molecule has 0 spiro atoms. The summed E-state index contributed by atoms with van der Waals surface area (Å²) < 4.78 is 0. The van der Waals surface area contributed by atoms with Crippen LogP contribution in [0.25, 0.3) is 0 Å². The summed E-state index contributed by atoms with van der Waals surface area (Å²) in [5.41, 5.74) is 0. The molecule has 0 amide bonds. The van der Waals surface area contributed by atoms with Crippen molar-refractivity contribution in [2.24, 2.45) is 0 Å². The van der Waals surface area contributed by atoms with Gasteiger partial charge in [-0.05, 0) is 0 Å². The summed E-state index contributed by atoms with van der Waals surface area (Å²) in [7, 11) is 0. The van der Waals surface area contributed by atoms with Crippen LogP contribution in [0.3, 0.4) is 0 Å². The van der Waals surface area contributed by atoms with Crippen LogP contribution in [0.15, 0.2) is 0 Å². The van der Waals surface area contributed by atoms with Gasteiger partial charge in [0.1, 0.15) is 0 Å². The number of rotatable bonds is 0. The third-order valence-corrected chi connectivity index (χ3v) is 0. The molecule has 0 unspecified atom stereocenters. The van der Waals surface area contributed by atoms with Crippen LogP contribution in [0.4, 0.5) is 0 Å². The molecule has 0 bridgehead atoms. The van der Waals surface area contributed by atoms with Crippen LogP contribution in [0.5, 0.6) is 0 Å². The molecule has 4 nitrogen and oxygen atoms in total. The minimum Gasteiger partial charge on any atom is -1.00 e. The van der Waals surface area contributed by atoms with Crippen LogP contribution in [-0.2, 0) is 17.4 Å². The van der Waals surface area contributed by atoms with Gasteiger partial charge in [-0.1, -0.05) is 0 Å². The van der Waals surface area contributed by atoms with Crippen molar-refractivity contribution in [3.63, 3.8) is 0 Å². The Bertz CT molecular complexity index is 11.2. The molecule has 0 heterocycles. The largest absolute Gasteiger partial charge is 3.00 e. The molecule has 0 rings (SSSR count). The van der Waals surface area contributed by atoms with E-state index in [1.165, 1.54) is 0 Å². The summed E-state index contributed by atoms with van der Waals surface area (Å²) in [4.78, 5) is 0. The standard InChI is InChI=1S/3ClH.Cr.4H2O/h3*1H;;4*1H2/q;;;+3;;;;/p-3. The third kappa shape index (κ3) is 183. The van der Waals surface area contributed by atoms with Crippen LogP contribution in [0, 0.1) is 0 Å². The van der Waals surface area contributed by atoms with E-state index in [9.17, 15) is 0 Å². The molecule has 59 valence electrons. The van der Waals surface area contributed by atoms with Crippen LogP contribution >= 0.6 is 0 Å². The fourth-order valence-electron chi connectivity index (χ4n) is 0. The van der Waals surface area contributed by atoms with Crippen LogP contribution < -0.4 is 37.2 Å². The molecule has 1 radical (unpaired) electrons. The monoisotopic (exact) mass is 229 g/mol. The Morgan fingerprint density at radius 2 is 0.375 bits per heavy atom. The molecule has 0 saturated carbocycles. The summed E-state index contributed by atoms with van der Waals surface area (Å²) >= 11 is 0. The molecular formula is H8Cl3CrO4. The van der Waals surface area contributed by atoms with Gasteiger partial charge in [0.05, 0.1) is 0 Å². The van der Waals surface area contributed by atoms with Gasteiger partial charge in [-0.25, -0.2) is 0 Å². The van der Waals surface area contributed by atoms with Gasteiger partial charge in [-0.2, -0.15) is 0 Å². The molecule has 0 atom stereocenters. The molecule has 8 heavy (non-hydrogen) atoms. The molecule has 0 fully saturated rings. The smallest absolute Gasteiger partial charge is 1.00 e. The second-order valence-electron chi connectivity index (χ2n) is 0. The maximum Gasteiger partial charge on any atom is 3.00 e. The fraction of sp³-hybridized carbons (Fsp3) is 0. The van der Waals surface area contributed by atoms with Crippen molar-refractivity contribution < 1.29 is 76.5 Å². The summed E-state index contributed by atoms with van der Waals surface area (Å²) in [5, 5.41) is 0. The number of hydrogen-bond donors (Lipinski definition) is 0. The second kappa shape index (κ2) is 280. The molecular weight excluding hydrogens is 222 g/mol. The van der Waals surface area contributed by atoms with E-state index >= 15 is 0 Å². The van der Waals surface area contributed by atoms with Crippen LogP contribution in [0.1, 0.15) is 0 Å². The minimum atomic E-state index is 0. The van der Waals surface area contributed by atoms with Crippen molar-refractivity contribution in [3.8, 4) is 0 Å².